The number of hydrogen-bond acceptors (Lipinski definition) is 5. The highest BCUT2D eigenvalue weighted by molar-refractivity contribution is 6.06. The Hall–Kier alpha value is -2.15. The number of amides is 1. The summed E-state index contributed by atoms with van der Waals surface area (Å²) in [5.41, 5.74) is 2.27. The largest absolute Gasteiger partial charge is 0.396 e. The third-order valence-corrected chi connectivity index (χ3v) is 6.31. The monoisotopic (exact) mass is 415 g/mol. The van der Waals surface area contributed by atoms with Gasteiger partial charge in [-0.15, -0.1) is 0 Å². The van der Waals surface area contributed by atoms with Crippen molar-refractivity contribution in [2.45, 2.75) is 84.2 Å². The number of rotatable bonds is 11. The van der Waals surface area contributed by atoms with E-state index in [4.69, 9.17) is 5.11 Å². The molecule has 7 heteroatoms. The van der Waals surface area contributed by atoms with Crippen molar-refractivity contribution in [1.29, 1.82) is 0 Å². The van der Waals surface area contributed by atoms with E-state index in [1.54, 1.807) is 6.20 Å². The summed E-state index contributed by atoms with van der Waals surface area (Å²) in [6.07, 6.45) is 13.6. The molecule has 0 saturated heterocycles. The molecule has 0 bridgehead atoms. The van der Waals surface area contributed by atoms with Gasteiger partial charge < -0.3 is 15.7 Å². The number of aryl methyl sites for hydroxylation is 1. The van der Waals surface area contributed by atoms with Gasteiger partial charge >= 0.3 is 0 Å². The number of carbonyl (C=O) groups is 1. The molecule has 3 N–H and O–H groups in total. The second kappa shape index (κ2) is 11.3. The Bertz CT molecular complexity index is 813. The minimum atomic E-state index is -0.0887. The van der Waals surface area contributed by atoms with Crippen LogP contribution in [-0.4, -0.2) is 45.0 Å². The summed E-state index contributed by atoms with van der Waals surface area (Å²) in [7, 11) is 0. The van der Waals surface area contributed by atoms with Gasteiger partial charge in [-0.3, -0.25) is 4.79 Å². The van der Waals surface area contributed by atoms with Crippen LogP contribution in [0.15, 0.2) is 12.4 Å². The Morgan fingerprint density at radius 2 is 1.97 bits per heavy atom. The van der Waals surface area contributed by atoms with Crippen LogP contribution in [0.1, 0.15) is 82.0 Å². The number of hydrogen-bond donors (Lipinski definition) is 3. The Labute approximate surface area is 179 Å². The van der Waals surface area contributed by atoms with Crippen LogP contribution >= 0.6 is 0 Å². The van der Waals surface area contributed by atoms with Gasteiger partial charge in [0.15, 0.2) is 5.65 Å². The molecule has 166 valence electrons. The van der Waals surface area contributed by atoms with E-state index < -0.39 is 0 Å². The topological polar surface area (TPSA) is 92.1 Å². The van der Waals surface area contributed by atoms with E-state index in [1.165, 1.54) is 32.1 Å². The fraction of sp³-hybridized carbons (Fsp3) is 0.696. The molecule has 1 atom stereocenters. The number of pyridine rings is 1. The van der Waals surface area contributed by atoms with E-state index >= 15 is 0 Å². The predicted molar refractivity (Wildman–Crippen MR) is 121 cm³/mol. The molecular formula is C23H37N5O2. The van der Waals surface area contributed by atoms with E-state index in [2.05, 4.69) is 27.6 Å². The molecular weight excluding hydrogens is 378 g/mol. The molecule has 7 nitrogen and oxygen atoms in total. The second-order valence-corrected chi connectivity index (χ2v) is 8.47. The molecule has 2 aromatic heterocycles. The normalized spacial score (nSPS) is 16.0. The number of nitrogens with one attached hydrogen (secondary N) is 2. The van der Waals surface area contributed by atoms with Crippen LogP contribution in [-0.2, 0) is 6.54 Å². The number of aliphatic hydroxyl groups excluding tert-OH is 1. The van der Waals surface area contributed by atoms with Crippen molar-refractivity contribution in [2.75, 3.05) is 18.5 Å². The molecule has 1 amide bonds. The highest BCUT2D eigenvalue weighted by Crippen LogP contribution is 2.32. The van der Waals surface area contributed by atoms with E-state index in [-0.39, 0.29) is 12.5 Å². The Kier molecular flexibility index (Phi) is 8.49. The van der Waals surface area contributed by atoms with Gasteiger partial charge in [0.1, 0.15) is 0 Å². The van der Waals surface area contributed by atoms with Gasteiger partial charge in [-0.2, -0.15) is 5.10 Å². The molecule has 1 aliphatic rings. The smallest absolute Gasteiger partial charge is 0.254 e. The number of carbonyl (C=O) groups excluding carboxylic acids is 1. The summed E-state index contributed by atoms with van der Waals surface area (Å²) >= 11 is 0. The SMILES string of the molecule is CCn1ncc2c(NC(C)C3CCCCC3)c(C(=O)NCCCCCCO)cnc21. The van der Waals surface area contributed by atoms with Crippen molar-refractivity contribution in [3.63, 3.8) is 0 Å². The highest BCUT2D eigenvalue weighted by atomic mass is 16.2. The van der Waals surface area contributed by atoms with Crippen LogP contribution < -0.4 is 10.6 Å². The summed E-state index contributed by atoms with van der Waals surface area (Å²) in [4.78, 5) is 17.5. The van der Waals surface area contributed by atoms with Crippen LogP contribution in [0.4, 0.5) is 5.69 Å². The molecule has 1 fully saturated rings. The third kappa shape index (κ3) is 5.50. The number of nitrogens with zero attached hydrogens (tertiary/aromatic N) is 3. The lowest BCUT2D eigenvalue weighted by atomic mass is 9.84. The molecule has 30 heavy (non-hydrogen) atoms. The van der Waals surface area contributed by atoms with Crippen molar-refractivity contribution < 1.29 is 9.90 Å². The highest BCUT2D eigenvalue weighted by Gasteiger charge is 2.24. The summed E-state index contributed by atoms with van der Waals surface area (Å²) < 4.78 is 1.87. The first-order valence-electron chi connectivity index (χ1n) is 11.7. The van der Waals surface area contributed by atoms with Crippen molar-refractivity contribution >= 4 is 22.6 Å². The molecule has 1 aliphatic carbocycles. The van der Waals surface area contributed by atoms with Crippen LogP contribution in [0.3, 0.4) is 0 Å². The number of aliphatic hydroxyl groups is 1. The van der Waals surface area contributed by atoms with E-state index in [9.17, 15) is 4.79 Å². The molecule has 2 aromatic rings. The maximum atomic E-state index is 13.0. The predicted octanol–water partition coefficient (Wildman–Crippen LogP) is 4.11. The second-order valence-electron chi connectivity index (χ2n) is 8.47. The maximum Gasteiger partial charge on any atom is 0.254 e. The summed E-state index contributed by atoms with van der Waals surface area (Å²) in [5.74, 6) is 0.541. The maximum absolute atomic E-state index is 13.0. The number of aromatic nitrogens is 3. The first-order chi connectivity index (χ1) is 14.7. The van der Waals surface area contributed by atoms with Crippen LogP contribution in [0, 0.1) is 5.92 Å². The van der Waals surface area contributed by atoms with Crippen molar-refractivity contribution in [3.8, 4) is 0 Å². The lowest BCUT2D eigenvalue weighted by Crippen LogP contribution is -2.30. The molecule has 1 saturated carbocycles. The van der Waals surface area contributed by atoms with E-state index in [1.807, 2.05) is 17.8 Å². The molecule has 0 aromatic carbocycles. The zero-order valence-corrected chi connectivity index (χ0v) is 18.5. The average molecular weight is 416 g/mol. The Balaban J connectivity index is 1.76. The molecule has 1 unspecified atom stereocenters. The molecule has 2 heterocycles. The zero-order chi connectivity index (χ0) is 21.3. The Morgan fingerprint density at radius 1 is 1.20 bits per heavy atom. The minimum absolute atomic E-state index is 0.0887. The number of unbranched alkanes of at least 4 members (excludes halogenated alkanes) is 3. The van der Waals surface area contributed by atoms with Gasteiger partial charge in [0.2, 0.25) is 0 Å². The summed E-state index contributed by atoms with van der Waals surface area (Å²) in [5, 5.41) is 21.0. The first kappa shape index (κ1) is 22.5. The standard InChI is InChI=1S/C23H37N5O2/c1-3-28-22-19(16-26-28)21(27-17(2)18-11-7-6-8-12-18)20(15-25-22)23(30)24-13-9-4-5-10-14-29/h15-18,29H,3-14H2,1-2H3,(H,24,30)(H,25,27). The minimum Gasteiger partial charge on any atom is -0.396 e. The summed E-state index contributed by atoms with van der Waals surface area (Å²) in [6.45, 7) is 5.89. The molecule has 0 aliphatic heterocycles. The fourth-order valence-electron chi connectivity index (χ4n) is 4.45. The van der Waals surface area contributed by atoms with Gasteiger partial charge in [0.05, 0.1) is 22.8 Å². The van der Waals surface area contributed by atoms with Crippen molar-refractivity contribution in [2.24, 2.45) is 5.92 Å². The molecule has 3 rings (SSSR count). The average Bonchev–Trinajstić information content (AvgIpc) is 3.20. The van der Waals surface area contributed by atoms with Gasteiger partial charge in [0, 0.05) is 31.9 Å². The van der Waals surface area contributed by atoms with Gasteiger partial charge in [-0.25, -0.2) is 9.67 Å². The van der Waals surface area contributed by atoms with Gasteiger partial charge in [-0.1, -0.05) is 32.1 Å². The zero-order valence-electron chi connectivity index (χ0n) is 18.5. The Morgan fingerprint density at radius 3 is 2.70 bits per heavy atom. The van der Waals surface area contributed by atoms with Crippen LogP contribution in [0.25, 0.3) is 11.0 Å². The van der Waals surface area contributed by atoms with Crippen LogP contribution in [0.2, 0.25) is 0 Å². The fourth-order valence-corrected chi connectivity index (χ4v) is 4.45. The van der Waals surface area contributed by atoms with Crippen molar-refractivity contribution in [1.82, 2.24) is 20.1 Å². The third-order valence-electron chi connectivity index (χ3n) is 6.31. The van der Waals surface area contributed by atoms with Gasteiger partial charge in [0.25, 0.3) is 5.91 Å². The molecule has 0 spiro atoms. The lowest BCUT2D eigenvalue weighted by Gasteiger charge is -2.29. The van der Waals surface area contributed by atoms with E-state index in [0.29, 0.717) is 24.1 Å². The van der Waals surface area contributed by atoms with Gasteiger partial charge in [-0.05, 0) is 45.4 Å². The number of fused-ring (bicyclic) bond motifs is 1. The van der Waals surface area contributed by atoms with Crippen LogP contribution in [0.5, 0.6) is 0 Å². The van der Waals surface area contributed by atoms with Crippen molar-refractivity contribution in [3.05, 3.63) is 18.0 Å². The number of anilines is 1. The van der Waals surface area contributed by atoms with E-state index in [0.717, 1.165) is 48.9 Å². The molecule has 0 radical (unpaired) electrons. The summed E-state index contributed by atoms with van der Waals surface area (Å²) in [6, 6.07) is 0.297. The lowest BCUT2D eigenvalue weighted by molar-refractivity contribution is 0.0953. The first-order valence-corrected chi connectivity index (χ1v) is 11.7. The quantitative estimate of drug-likeness (QED) is 0.480.